The molecule has 1 aliphatic carbocycles. The Kier molecular flexibility index (Phi) is 7.24. The minimum Gasteiger partial charge on any atom is -0.497 e. The van der Waals surface area contributed by atoms with Gasteiger partial charge in [0, 0.05) is 26.3 Å². The van der Waals surface area contributed by atoms with Crippen molar-refractivity contribution < 1.29 is 9.47 Å². The highest BCUT2D eigenvalue weighted by Crippen LogP contribution is 2.47. The lowest BCUT2D eigenvalue weighted by Gasteiger charge is -2.25. The first-order chi connectivity index (χ1) is 15.6. The number of hydrogen-bond acceptors (Lipinski definition) is 5. The zero-order chi connectivity index (χ0) is 22.5. The largest absolute Gasteiger partial charge is 0.497 e. The van der Waals surface area contributed by atoms with Crippen molar-refractivity contribution in [3.8, 4) is 40.1 Å². The summed E-state index contributed by atoms with van der Waals surface area (Å²) in [6.45, 7) is 0. The standard InChI is InChI=1S/C26H25ClN2O2S/c1-30-20-14-10-17(11-15-20)23-22(16-28)26(31-2)29-24(18-8-12-19(27)13-9-18)25(23)32-21-6-4-3-5-7-21/h8-15,21H,3-7H2,1-2H3. The molecule has 4 rings (SSSR count). The van der Waals surface area contributed by atoms with Crippen LogP contribution in [0.5, 0.6) is 11.6 Å². The molecule has 6 heteroatoms. The quantitative estimate of drug-likeness (QED) is 0.380. The minimum atomic E-state index is 0.330. The Bertz CT molecular complexity index is 1120. The maximum Gasteiger partial charge on any atom is 0.232 e. The van der Waals surface area contributed by atoms with Crippen LogP contribution in [-0.2, 0) is 0 Å². The molecule has 1 aromatic heterocycles. The number of hydrogen-bond donors (Lipinski definition) is 0. The van der Waals surface area contributed by atoms with Crippen molar-refractivity contribution in [1.82, 2.24) is 4.98 Å². The number of ether oxygens (including phenoxy) is 2. The number of thioether (sulfide) groups is 1. The average Bonchev–Trinajstić information content (AvgIpc) is 2.85. The van der Waals surface area contributed by atoms with Crippen LogP contribution < -0.4 is 9.47 Å². The first kappa shape index (κ1) is 22.5. The molecule has 1 saturated carbocycles. The smallest absolute Gasteiger partial charge is 0.232 e. The van der Waals surface area contributed by atoms with Gasteiger partial charge in [-0.05, 0) is 42.7 Å². The van der Waals surface area contributed by atoms with Crippen LogP contribution in [0.1, 0.15) is 37.7 Å². The molecule has 0 amide bonds. The van der Waals surface area contributed by atoms with Crippen LogP contribution in [0.25, 0.3) is 22.4 Å². The van der Waals surface area contributed by atoms with E-state index < -0.39 is 0 Å². The molecular weight excluding hydrogens is 440 g/mol. The number of pyridine rings is 1. The van der Waals surface area contributed by atoms with Crippen LogP contribution in [0, 0.1) is 11.3 Å². The van der Waals surface area contributed by atoms with E-state index in [2.05, 4.69) is 6.07 Å². The highest BCUT2D eigenvalue weighted by atomic mass is 35.5. The maximum atomic E-state index is 10.1. The van der Waals surface area contributed by atoms with E-state index in [1.807, 2.05) is 60.3 Å². The van der Waals surface area contributed by atoms with Gasteiger partial charge in [-0.15, -0.1) is 11.8 Å². The van der Waals surface area contributed by atoms with Crippen LogP contribution in [0.3, 0.4) is 0 Å². The molecule has 0 bridgehead atoms. The number of nitrogens with zero attached hydrogens (tertiary/aromatic N) is 2. The summed E-state index contributed by atoms with van der Waals surface area (Å²) in [5, 5.41) is 11.3. The van der Waals surface area contributed by atoms with E-state index in [4.69, 9.17) is 26.1 Å². The predicted octanol–water partition coefficient (Wildman–Crippen LogP) is 7.38. The molecule has 0 aliphatic heterocycles. The number of nitriles is 1. The van der Waals surface area contributed by atoms with Gasteiger partial charge in [-0.2, -0.15) is 5.26 Å². The monoisotopic (exact) mass is 464 g/mol. The van der Waals surface area contributed by atoms with Gasteiger partial charge in [-0.1, -0.05) is 55.1 Å². The summed E-state index contributed by atoms with van der Waals surface area (Å²) in [4.78, 5) is 5.83. The normalized spacial score (nSPS) is 14.1. The van der Waals surface area contributed by atoms with E-state index in [-0.39, 0.29) is 0 Å². The Morgan fingerprint density at radius 1 is 0.938 bits per heavy atom. The summed E-state index contributed by atoms with van der Waals surface area (Å²) < 4.78 is 10.9. The maximum absolute atomic E-state index is 10.1. The van der Waals surface area contributed by atoms with Crippen molar-refractivity contribution in [1.29, 1.82) is 5.26 Å². The second-order valence-corrected chi connectivity index (χ2v) is 9.52. The topological polar surface area (TPSA) is 55.1 Å². The van der Waals surface area contributed by atoms with Gasteiger partial charge >= 0.3 is 0 Å². The van der Waals surface area contributed by atoms with E-state index >= 15 is 0 Å². The van der Waals surface area contributed by atoms with Gasteiger partial charge in [0.2, 0.25) is 5.88 Å². The summed E-state index contributed by atoms with van der Waals surface area (Å²) in [5.74, 6) is 1.10. The fourth-order valence-corrected chi connectivity index (χ4v) is 5.74. The third kappa shape index (κ3) is 4.72. The lowest BCUT2D eigenvalue weighted by atomic mass is 9.98. The van der Waals surface area contributed by atoms with E-state index in [0.717, 1.165) is 33.0 Å². The van der Waals surface area contributed by atoms with Crippen molar-refractivity contribution >= 4 is 23.4 Å². The van der Waals surface area contributed by atoms with Crippen LogP contribution in [-0.4, -0.2) is 24.5 Å². The van der Waals surface area contributed by atoms with Gasteiger partial charge in [0.05, 0.1) is 19.9 Å². The number of benzene rings is 2. The fraction of sp³-hybridized carbons (Fsp3) is 0.308. The SMILES string of the molecule is COc1ccc(-c2c(C#N)c(OC)nc(-c3ccc(Cl)cc3)c2SC2CCCCC2)cc1. The van der Waals surface area contributed by atoms with Gasteiger partial charge in [-0.25, -0.2) is 4.98 Å². The zero-order valence-corrected chi connectivity index (χ0v) is 19.8. The Balaban J connectivity index is 1.97. The molecule has 0 radical (unpaired) electrons. The molecule has 3 aromatic rings. The third-order valence-electron chi connectivity index (χ3n) is 5.76. The molecular formula is C26H25ClN2O2S. The molecule has 32 heavy (non-hydrogen) atoms. The van der Waals surface area contributed by atoms with Crippen molar-refractivity contribution in [3.63, 3.8) is 0 Å². The lowest BCUT2D eigenvalue weighted by Crippen LogP contribution is -2.10. The first-order valence-electron chi connectivity index (χ1n) is 10.7. The first-order valence-corrected chi connectivity index (χ1v) is 12.0. The molecule has 164 valence electrons. The number of aromatic nitrogens is 1. The number of halogens is 1. The highest BCUT2D eigenvalue weighted by Gasteiger charge is 2.26. The molecule has 0 N–H and O–H groups in total. The fourth-order valence-electron chi connectivity index (χ4n) is 4.10. The summed E-state index contributed by atoms with van der Waals surface area (Å²) in [6, 6.07) is 17.8. The summed E-state index contributed by atoms with van der Waals surface area (Å²) in [5.41, 5.74) is 4.02. The summed E-state index contributed by atoms with van der Waals surface area (Å²) in [6.07, 6.45) is 6.10. The molecule has 0 unspecified atom stereocenters. The zero-order valence-electron chi connectivity index (χ0n) is 18.2. The van der Waals surface area contributed by atoms with Gasteiger partial charge in [0.1, 0.15) is 17.4 Å². The van der Waals surface area contributed by atoms with E-state index in [9.17, 15) is 5.26 Å². The Morgan fingerprint density at radius 2 is 1.59 bits per heavy atom. The molecule has 2 aromatic carbocycles. The Morgan fingerprint density at radius 3 is 2.19 bits per heavy atom. The van der Waals surface area contributed by atoms with Crippen molar-refractivity contribution in [2.24, 2.45) is 0 Å². The van der Waals surface area contributed by atoms with E-state index in [1.54, 1.807) is 14.2 Å². The Labute approximate surface area is 198 Å². The molecule has 0 atom stereocenters. The third-order valence-corrected chi connectivity index (χ3v) is 7.45. The Hall–Kier alpha value is -2.68. The summed E-state index contributed by atoms with van der Waals surface area (Å²) >= 11 is 7.99. The van der Waals surface area contributed by atoms with Gasteiger partial charge in [-0.3, -0.25) is 0 Å². The lowest BCUT2D eigenvalue weighted by molar-refractivity contribution is 0.396. The van der Waals surface area contributed by atoms with Crippen LogP contribution in [0.15, 0.2) is 53.4 Å². The second kappa shape index (κ2) is 10.3. The molecule has 1 aliphatic rings. The highest BCUT2D eigenvalue weighted by molar-refractivity contribution is 8.00. The van der Waals surface area contributed by atoms with Gasteiger partial charge in [0.15, 0.2) is 0 Å². The molecule has 4 nitrogen and oxygen atoms in total. The van der Waals surface area contributed by atoms with E-state index in [1.165, 1.54) is 32.1 Å². The van der Waals surface area contributed by atoms with Crippen LogP contribution in [0.4, 0.5) is 0 Å². The van der Waals surface area contributed by atoms with E-state index in [0.29, 0.717) is 21.7 Å². The van der Waals surface area contributed by atoms with Crippen LogP contribution >= 0.6 is 23.4 Å². The summed E-state index contributed by atoms with van der Waals surface area (Å²) in [7, 11) is 3.20. The predicted molar refractivity (Wildman–Crippen MR) is 131 cm³/mol. The van der Waals surface area contributed by atoms with Crippen molar-refractivity contribution in [3.05, 3.63) is 59.1 Å². The van der Waals surface area contributed by atoms with Crippen LogP contribution in [0.2, 0.25) is 5.02 Å². The molecule has 0 spiro atoms. The number of rotatable bonds is 6. The molecule has 1 heterocycles. The van der Waals surface area contributed by atoms with Gasteiger partial charge < -0.3 is 9.47 Å². The van der Waals surface area contributed by atoms with Crippen molar-refractivity contribution in [2.75, 3.05) is 14.2 Å². The van der Waals surface area contributed by atoms with Gasteiger partial charge in [0.25, 0.3) is 0 Å². The minimum absolute atomic E-state index is 0.330. The molecule has 1 fully saturated rings. The number of methoxy groups -OCH3 is 2. The average molecular weight is 465 g/mol. The molecule has 0 saturated heterocycles. The second-order valence-electron chi connectivity index (χ2n) is 7.77. The van der Waals surface area contributed by atoms with Crippen molar-refractivity contribution in [2.45, 2.75) is 42.2 Å².